The summed E-state index contributed by atoms with van der Waals surface area (Å²) in [6, 6.07) is 2.95. The fourth-order valence-electron chi connectivity index (χ4n) is 1.45. The normalized spacial score (nSPS) is 15.3. The van der Waals surface area contributed by atoms with Gasteiger partial charge in [0.25, 0.3) is 0 Å². The van der Waals surface area contributed by atoms with Crippen LogP contribution in [0.2, 0.25) is 0 Å². The summed E-state index contributed by atoms with van der Waals surface area (Å²) in [5.41, 5.74) is 0.758. The zero-order valence-corrected chi connectivity index (χ0v) is 11.3. The predicted octanol–water partition coefficient (Wildman–Crippen LogP) is 0.877. The molecule has 1 N–H and O–H groups in total. The summed E-state index contributed by atoms with van der Waals surface area (Å²) >= 11 is 0. The number of hydrogen-bond donors (Lipinski definition) is 1. The zero-order valence-electron chi connectivity index (χ0n) is 10.4. The van der Waals surface area contributed by atoms with Crippen molar-refractivity contribution in [1.29, 1.82) is 0 Å². The van der Waals surface area contributed by atoms with Crippen LogP contribution in [-0.2, 0) is 14.8 Å². The fraction of sp³-hybridized carbons (Fsp3) is 0.455. The SMILES string of the molecule is CC(c1ccncc1)N(C)S(=O)(=O)C(C)C(=O)O. The van der Waals surface area contributed by atoms with Crippen LogP contribution in [0, 0.1) is 0 Å². The molecule has 0 aliphatic heterocycles. The van der Waals surface area contributed by atoms with Crippen LogP contribution in [-0.4, -0.2) is 41.1 Å². The number of carboxylic acid groups (broad SMARTS) is 1. The van der Waals surface area contributed by atoms with Crippen LogP contribution in [0.25, 0.3) is 0 Å². The molecule has 18 heavy (non-hydrogen) atoms. The first-order chi connectivity index (χ1) is 8.28. The molecule has 0 spiro atoms. The van der Waals surface area contributed by atoms with E-state index in [0.717, 1.165) is 16.8 Å². The van der Waals surface area contributed by atoms with Gasteiger partial charge in [-0.3, -0.25) is 9.78 Å². The molecule has 0 saturated heterocycles. The Labute approximate surface area is 106 Å². The third-order valence-electron chi connectivity index (χ3n) is 2.93. The third kappa shape index (κ3) is 2.85. The summed E-state index contributed by atoms with van der Waals surface area (Å²) < 4.78 is 25.1. The molecule has 0 aromatic carbocycles. The number of carboxylic acids is 1. The van der Waals surface area contributed by atoms with Crippen molar-refractivity contribution in [3.63, 3.8) is 0 Å². The Morgan fingerprint density at radius 1 is 1.33 bits per heavy atom. The number of rotatable bonds is 5. The number of carbonyl (C=O) groups is 1. The highest BCUT2D eigenvalue weighted by Crippen LogP contribution is 2.22. The number of hydrogen-bond acceptors (Lipinski definition) is 4. The summed E-state index contributed by atoms with van der Waals surface area (Å²) in [5, 5.41) is 7.34. The minimum Gasteiger partial charge on any atom is -0.480 e. The number of sulfonamides is 1. The molecule has 2 atom stereocenters. The van der Waals surface area contributed by atoms with E-state index < -0.39 is 27.3 Å². The van der Waals surface area contributed by atoms with Gasteiger partial charge >= 0.3 is 5.97 Å². The maximum absolute atomic E-state index is 12.0. The lowest BCUT2D eigenvalue weighted by atomic mass is 10.1. The highest BCUT2D eigenvalue weighted by atomic mass is 32.2. The standard InChI is InChI=1S/C11H16N2O4S/c1-8(10-4-6-12-7-5-10)13(3)18(16,17)9(2)11(14)15/h4-9H,1-3H3,(H,14,15). The second-order valence-corrected chi connectivity index (χ2v) is 6.31. The van der Waals surface area contributed by atoms with E-state index in [1.165, 1.54) is 7.05 Å². The molecule has 2 unspecified atom stereocenters. The lowest BCUT2D eigenvalue weighted by molar-refractivity contribution is -0.136. The van der Waals surface area contributed by atoms with Gasteiger partial charge in [-0.05, 0) is 31.5 Å². The molecule has 1 aromatic heterocycles. The fourth-order valence-corrected chi connectivity index (χ4v) is 2.77. The highest BCUT2D eigenvalue weighted by Gasteiger charge is 2.34. The molecular formula is C11H16N2O4S. The Hall–Kier alpha value is -1.47. The Morgan fingerprint density at radius 2 is 1.83 bits per heavy atom. The molecule has 1 heterocycles. The van der Waals surface area contributed by atoms with Crippen molar-refractivity contribution in [1.82, 2.24) is 9.29 Å². The lowest BCUT2D eigenvalue weighted by Crippen LogP contribution is -2.40. The summed E-state index contributed by atoms with van der Waals surface area (Å²) in [6.07, 6.45) is 3.12. The van der Waals surface area contributed by atoms with Gasteiger partial charge in [-0.2, -0.15) is 4.31 Å². The Bertz CT molecular complexity index is 515. The molecule has 0 radical (unpaired) electrons. The van der Waals surface area contributed by atoms with E-state index in [-0.39, 0.29) is 0 Å². The molecule has 0 amide bonds. The molecule has 6 nitrogen and oxygen atoms in total. The maximum atomic E-state index is 12.0. The highest BCUT2D eigenvalue weighted by molar-refractivity contribution is 7.90. The molecule has 0 aliphatic carbocycles. The van der Waals surface area contributed by atoms with Crippen LogP contribution in [0.5, 0.6) is 0 Å². The van der Waals surface area contributed by atoms with Gasteiger partial charge in [0.15, 0.2) is 5.25 Å². The van der Waals surface area contributed by atoms with Crippen LogP contribution < -0.4 is 0 Å². The van der Waals surface area contributed by atoms with Gasteiger partial charge in [-0.25, -0.2) is 8.42 Å². The first-order valence-corrected chi connectivity index (χ1v) is 6.88. The van der Waals surface area contributed by atoms with Crippen molar-refractivity contribution in [3.05, 3.63) is 30.1 Å². The quantitative estimate of drug-likeness (QED) is 0.859. The topological polar surface area (TPSA) is 87.6 Å². The smallest absolute Gasteiger partial charge is 0.323 e. The zero-order chi connectivity index (χ0) is 13.9. The summed E-state index contributed by atoms with van der Waals surface area (Å²) in [7, 11) is -2.50. The Balaban J connectivity index is 3.01. The molecule has 0 fully saturated rings. The molecule has 0 bridgehead atoms. The molecule has 0 aliphatic rings. The summed E-state index contributed by atoms with van der Waals surface area (Å²) in [5.74, 6) is -1.36. The van der Waals surface area contributed by atoms with Crippen LogP contribution >= 0.6 is 0 Å². The average Bonchev–Trinajstić information content (AvgIpc) is 2.36. The first kappa shape index (κ1) is 14.6. The van der Waals surface area contributed by atoms with E-state index in [0.29, 0.717) is 0 Å². The molecule has 100 valence electrons. The van der Waals surface area contributed by atoms with Crippen molar-refractivity contribution in [2.45, 2.75) is 25.1 Å². The van der Waals surface area contributed by atoms with E-state index in [4.69, 9.17) is 5.11 Å². The second kappa shape index (κ2) is 5.45. The number of nitrogens with zero attached hydrogens (tertiary/aromatic N) is 2. The van der Waals surface area contributed by atoms with Gasteiger partial charge < -0.3 is 5.11 Å². The van der Waals surface area contributed by atoms with Crippen molar-refractivity contribution < 1.29 is 18.3 Å². The van der Waals surface area contributed by atoms with Gasteiger partial charge in [0.05, 0.1) is 0 Å². The predicted molar refractivity (Wildman–Crippen MR) is 66.4 cm³/mol. The minimum absolute atomic E-state index is 0.445. The molecule has 1 rings (SSSR count). The third-order valence-corrected chi connectivity index (χ3v) is 5.14. The van der Waals surface area contributed by atoms with Crippen molar-refractivity contribution >= 4 is 16.0 Å². The minimum atomic E-state index is -3.87. The van der Waals surface area contributed by atoms with Gasteiger partial charge in [-0.1, -0.05) is 0 Å². The van der Waals surface area contributed by atoms with Crippen molar-refractivity contribution in [2.75, 3.05) is 7.05 Å². The lowest BCUT2D eigenvalue weighted by Gasteiger charge is -2.26. The van der Waals surface area contributed by atoms with E-state index in [2.05, 4.69) is 4.98 Å². The van der Waals surface area contributed by atoms with Crippen LogP contribution in [0.15, 0.2) is 24.5 Å². The van der Waals surface area contributed by atoms with Crippen LogP contribution in [0.3, 0.4) is 0 Å². The van der Waals surface area contributed by atoms with E-state index >= 15 is 0 Å². The molecular weight excluding hydrogens is 256 g/mol. The van der Waals surface area contributed by atoms with E-state index in [1.807, 2.05) is 0 Å². The van der Waals surface area contributed by atoms with E-state index in [1.54, 1.807) is 31.5 Å². The van der Waals surface area contributed by atoms with Crippen molar-refractivity contribution in [3.8, 4) is 0 Å². The first-order valence-electron chi connectivity index (χ1n) is 5.38. The van der Waals surface area contributed by atoms with E-state index in [9.17, 15) is 13.2 Å². The van der Waals surface area contributed by atoms with Crippen molar-refractivity contribution in [2.24, 2.45) is 0 Å². The van der Waals surface area contributed by atoms with Gasteiger partial charge in [0.1, 0.15) is 0 Å². The second-order valence-electron chi connectivity index (χ2n) is 4.00. The maximum Gasteiger partial charge on any atom is 0.323 e. The summed E-state index contributed by atoms with van der Waals surface area (Å²) in [4.78, 5) is 14.6. The van der Waals surface area contributed by atoms with Crippen LogP contribution in [0.1, 0.15) is 25.5 Å². The molecule has 1 aromatic rings. The van der Waals surface area contributed by atoms with Gasteiger partial charge in [0.2, 0.25) is 10.0 Å². The Morgan fingerprint density at radius 3 is 2.28 bits per heavy atom. The number of aromatic nitrogens is 1. The average molecular weight is 272 g/mol. The number of pyridine rings is 1. The number of aliphatic carboxylic acids is 1. The van der Waals surface area contributed by atoms with Gasteiger partial charge in [-0.15, -0.1) is 0 Å². The van der Waals surface area contributed by atoms with Gasteiger partial charge in [0, 0.05) is 25.5 Å². The molecule has 7 heteroatoms. The molecule has 0 saturated carbocycles. The summed E-state index contributed by atoms with van der Waals surface area (Å²) in [6.45, 7) is 2.86. The van der Waals surface area contributed by atoms with Crippen LogP contribution in [0.4, 0.5) is 0 Å². The largest absolute Gasteiger partial charge is 0.480 e. The monoisotopic (exact) mass is 272 g/mol. The Kier molecular flexibility index (Phi) is 4.42.